The number of aromatic nitrogens is 2. The molecule has 0 atom stereocenters. The fraction of sp³-hybridized carbons (Fsp3) is 0.364. The second kappa shape index (κ2) is 4.29. The van der Waals surface area contributed by atoms with Crippen LogP contribution in [0.25, 0.3) is 5.52 Å². The number of fused-ring (bicyclic) bond motifs is 1. The standard InChI is InChI=1S/C11H15N2.HI/c1-4-10-11-6-5-7-13(11)8-9(2)12(10)3;/h5-8H,4H2,1-3H3;1H/q+1;/p-1. The monoisotopic (exact) mass is 302 g/mol. The maximum atomic E-state index is 2.26. The van der Waals surface area contributed by atoms with Crippen LogP contribution in [0.15, 0.2) is 24.5 Å². The van der Waals surface area contributed by atoms with Crippen molar-refractivity contribution in [3.63, 3.8) is 0 Å². The zero-order valence-corrected chi connectivity index (χ0v) is 10.9. The van der Waals surface area contributed by atoms with Crippen LogP contribution in [0.2, 0.25) is 0 Å². The van der Waals surface area contributed by atoms with Crippen LogP contribution in [0.3, 0.4) is 0 Å². The number of hydrogen-bond donors (Lipinski definition) is 0. The van der Waals surface area contributed by atoms with Crippen molar-refractivity contribution in [3.05, 3.63) is 35.9 Å². The van der Waals surface area contributed by atoms with Crippen LogP contribution in [0.1, 0.15) is 18.3 Å². The molecule has 76 valence electrons. The van der Waals surface area contributed by atoms with E-state index < -0.39 is 0 Å². The van der Waals surface area contributed by atoms with E-state index in [0.717, 1.165) is 6.42 Å². The van der Waals surface area contributed by atoms with Crippen molar-refractivity contribution in [2.45, 2.75) is 20.3 Å². The molecule has 0 spiro atoms. The topological polar surface area (TPSA) is 8.29 Å². The largest absolute Gasteiger partial charge is 1.00 e. The summed E-state index contributed by atoms with van der Waals surface area (Å²) in [5, 5.41) is 0. The summed E-state index contributed by atoms with van der Waals surface area (Å²) in [7, 11) is 2.13. The van der Waals surface area contributed by atoms with Crippen LogP contribution in [-0.2, 0) is 13.5 Å². The van der Waals surface area contributed by atoms with Crippen LogP contribution < -0.4 is 28.5 Å². The van der Waals surface area contributed by atoms with E-state index >= 15 is 0 Å². The molecule has 3 heteroatoms. The van der Waals surface area contributed by atoms with E-state index in [1.54, 1.807) is 0 Å². The number of halogens is 1. The maximum absolute atomic E-state index is 2.26. The number of aryl methyl sites for hydroxylation is 2. The Kier molecular flexibility index (Phi) is 3.53. The van der Waals surface area contributed by atoms with Crippen LogP contribution in [-0.4, -0.2) is 4.40 Å². The first kappa shape index (κ1) is 11.5. The highest BCUT2D eigenvalue weighted by atomic mass is 127. The average Bonchev–Trinajstić information content (AvgIpc) is 2.54. The van der Waals surface area contributed by atoms with Crippen LogP contribution in [0, 0.1) is 6.92 Å². The van der Waals surface area contributed by atoms with Crippen molar-refractivity contribution >= 4 is 5.52 Å². The molecule has 0 aliphatic rings. The highest BCUT2D eigenvalue weighted by molar-refractivity contribution is 5.50. The van der Waals surface area contributed by atoms with Gasteiger partial charge in [-0.2, -0.15) is 4.57 Å². The van der Waals surface area contributed by atoms with E-state index in [0.29, 0.717) is 0 Å². The molecule has 0 radical (unpaired) electrons. The molecule has 0 saturated carbocycles. The molecule has 2 aromatic heterocycles. The van der Waals surface area contributed by atoms with E-state index in [-0.39, 0.29) is 24.0 Å². The molecule has 2 aromatic rings. The van der Waals surface area contributed by atoms with Gasteiger partial charge < -0.3 is 28.4 Å². The zero-order valence-electron chi connectivity index (χ0n) is 8.79. The van der Waals surface area contributed by atoms with Gasteiger partial charge in [-0.15, -0.1) is 0 Å². The van der Waals surface area contributed by atoms with Gasteiger partial charge in [-0.1, -0.05) is 6.92 Å². The van der Waals surface area contributed by atoms with Crippen molar-refractivity contribution in [1.29, 1.82) is 0 Å². The van der Waals surface area contributed by atoms with Gasteiger partial charge in [-0.3, -0.25) is 0 Å². The lowest BCUT2D eigenvalue weighted by Gasteiger charge is -2.03. The molecule has 0 N–H and O–H groups in total. The van der Waals surface area contributed by atoms with Gasteiger partial charge in [0.2, 0.25) is 5.69 Å². The summed E-state index contributed by atoms with van der Waals surface area (Å²) in [6.45, 7) is 4.33. The van der Waals surface area contributed by atoms with E-state index in [1.807, 2.05) is 0 Å². The Morgan fingerprint density at radius 3 is 2.79 bits per heavy atom. The molecule has 0 unspecified atom stereocenters. The molecule has 2 rings (SSSR count). The molecule has 0 amide bonds. The van der Waals surface area contributed by atoms with E-state index in [9.17, 15) is 0 Å². The second-order valence-electron chi connectivity index (χ2n) is 3.43. The van der Waals surface area contributed by atoms with Crippen LogP contribution in [0.4, 0.5) is 0 Å². The van der Waals surface area contributed by atoms with Gasteiger partial charge in [0.1, 0.15) is 12.6 Å². The SMILES string of the molecule is CCc1c2cccn2cc(C)[n+]1C.[I-]. The third-order valence-corrected chi connectivity index (χ3v) is 2.67. The minimum Gasteiger partial charge on any atom is -1.00 e. The van der Waals surface area contributed by atoms with Crippen molar-refractivity contribution < 1.29 is 28.5 Å². The highest BCUT2D eigenvalue weighted by Gasteiger charge is 2.12. The maximum Gasteiger partial charge on any atom is 0.205 e. The Bertz CT molecular complexity index is 446. The predicted molar refractivity (Wildman–Crippen MR) is 52.7 cm³/mol. The van der Waals surface area contributed by atoms with Crippen LogP contribution in [0.5, 0.6) is 0 Å². The van der Waals surface area contributed by atoms with Gasteiger partial charge in [0.15, 0.2) is 5.69 Å². The summed E-state index contributed by atoms with van der Waals surface area (Å²) < 4.78 is 4.45. The summed E-state index contributed by atoms with van der Waals surface area (Å²) in [5.74, 6) is 0. The number of nitrogens with zero attached hydrogens (tertiary/aromatic N) is 2. The van der Waals surface area contributed by atoms with E-state index in [1.165, 1.54) is 16.9 Å². The smallest absolute Gasteiger partial charge is 0.205 e. The fourth-order valence-electron chi connectivity index (χ4n) is 1.84. The first-order chi connectivity index (χ1) is 6.24. The Labute approximate surface area is 102 Å². The van der Waals surface area contributed by atoms with Crippen molar-refractivity contribution in [3.8, 4) is 0 Å². The minimum atomic E-state index is 0. The Balaban J connectivity index is 0.000000980. The summed E-state index contributed by atoms with van der Waals surface area (Å²) in [6.07, 6.45) is 5.34. The van der Waals surface area contributed by atoms with E-state index in [2.05, 4.69) is 54.4 Å². The fourth-order valence-corrected chi connectivity index (χ4v) is 1.84. The molecule has 0 aliphatic carbocycles. The van der Waals surface area contributed by atoms with Gasteiger partial charge in [-0.25, -0.2) is 0 Å². The number of hydrogen-bond acceptors (Lipinski definition) is 0. The first-order valence-electron chi connectivity index (χ1n) is 4.69. The minimum absolute atomic E-state index is 0. The molecule has 2 nitrogen and oxygen atoms in total. The van der Waals surface area contributed by atoms with Gasteiger partial charge in [0.25, 0.3) is 0 Å². The third kappa shape index (κ3) is 1.65. The molecule has 0 bridgehead atoms. The third-order valence-electron chi connectivity index (χ3n) is 2.67. The second-order valence-corrected chi connectivity index (χ2v) is 3.43. The zero-order chi connectivity index (χ0) is 9.42. The highest BCUT2D eigenvalue weighted by Crippen LogP contribution is 2.09. The summed E-state index contributed by atoms with van der Waals surface area (Å²) in [4.78, 5) is 0. The Hall–Kier alpha value is -0.580. The van der Waals surface area contributed by atoms with E-state index in [4.69, 9.17) is 0 Å². The van der Waals surface area contributed by atoms with Crippen molar-refractivity contribution in [2.24, 2.45) is 7.05 Å². The molecule has 0 fully saturated rings. The summed E-state index contributed by atoms with van der Waals surface area (Å²) in [6, 6.07) is 4.26. The van der Waals surface area contributed by atoms with Crippen molar-refractivity contribution in [2.75, 3.05) is 0 Å². The summed E-state index contributed by atoms with van der Waals surface area (Å²) in [5.41, 5.74) is 4.00. The Morgan fingerprint density at radius 1 is 1.43 bits per heavy atom. The Morgan fingerprint density at radius 2 is 2.14 bits per heavy atom. The molecular weight excluding hydrogens is 287 g/mol. The van der Waals surface area contributed by atoms with Gasteiger partial charge >= 0.3 is 0 Å². The molecule has 0 saturated heterocycles. The van der Waals surface area contributed by atoms with Gasteiger partial charge in [0, 0.05) is 19.5 Å². The van der Waals surface area contributed by atoms with Gasteiger partial charge in [0.05, 0.1) is 6.20 Å². The number of rotatable bonds is 1. The lowest BCUT2D eigenvalue weighted by molar-refractivity contribution is -0.684. The molecule has 2 heterocycles. The first-order valence-corrected chi connectivity index (χ1v) is 4.69. The van der Waals surface area contributed by atoms with Gasteiger partial charge in [-0.05, 0) is 12.1 Å². The average molecular weight is 302 g/mol. The molecule has 14 heavy (non-hydrogen) atoms. The van der Waals surface area contributed by atoms with Crippen LogP contribution >= 0.6 is 0 Å². The molecule has 0 aliphatic heterocycles. The summed E-state index contributed by atoms with van der Waals surface area (Å²) >= 11 is 0. The predicted octanol–water partition coefficient (Wildman–Crippen LogP) is -1.36. The lowest BCUT2D eigenvalue weighted by atomic mass is 10.2. The normalized spacial score (nSPS) is 10.2. The van der Waals surface area contributed by atoms with Crippen molar-refractivity contribution in [1.82, 2.24) is 4.40 Å². The molecule has 0 aromatic carbocycles. The quantitative estimate of drug-likeness (QED) is 0.454. The lowest BCUT2D eigenvalue weighted by Crippen LogP contribution is -3.00. The molecular formula is C11H15IN2.